The topological polar surface area (TPSA) is 50.3 Å². The van der Waals surface area contributed by atoms with Crippen LogP contribution in [0, 0.1) is 6.92 Å². The molecule has 1 aromatic heterocycles. The zero-order valence-corrected chi connectivity index (χ0v) is 12.3. The summed E-state index contributed by atoms with van der Waals surface area (Å²) in [5.41, 5.74) is 2.99. The molecule has 1 amide bonds. The molecule has 1 aliphatic rings. The maximum absolute atomic E-state index is 12.1. The monoisotopic (exact) mass is 330 g/mol. The van der Waals surface area contributed by atoms with E-state index in [1.54, 1.807) is 24.5 Å². The van der Waals surface area contributed by atoms with Gasteiger partial charge in [-0.1, -0.05) is 12.1 Å². The summed E-state index contributed by atoms with van der Waals surface area (Å²) in [7, 11) is 0. The highest BCUT2D eigenvalue weighted by molar-refractivity contribution is 9.10. The highest BCUT2D eigenvalue weighted by atomic mass is 79.9. The van der Waals surface area contributed by atoms with E-state index in [0.717, 1.165) is 15.6 Å². The number of Topliss-reactive ketones (excluding diaryl/α,β-unsaturated/α-hetero) is 1. The molecule has 0 atom stereocenters. The molecule has 4 nitrogen and oxygen atoms in total. The molecule has 100 valence electrons. The van der Waals surface area contributed by atoms with Crippen molar-refractivity contribution in [1.82, 2.24) is 4.98 Å². The SMILES string of the molecule is Cc1cccc2c1N(Cc1cncc(Br)c1)C(=O)C2=O. The lowest BCUT2D eigenvalue weighted by Gasteiger charge is -2.18. The van der Waals surface area contributed by atoms with Crippen LogP contribution in [0.15, 0.2) is 41.1 Å². The van der Waals surface area contributed by atoms with Crippen molar-refractivity contribution in [2.24, 2.45) is 0 Å². The minimum absolute atomic E-state index is 0.342. The van der Waals surface area contributed by atoms with E-state index >= 15 is 0 Å². The van der Waals surface area contributed by atoms with E-state index in [1.165, 1.54) is 4.90 Å². The van der Waals surface area contributed by atoms with Gasteiger partial charge in [0.25, 0.3) is 11.7 Å². The van der Waals surface area contributed by atoms with E-state index in [4.69, 9.17) is 0 Å². The molecule has 3 rings (SSSR count). The minimum atomic E-state index is -0.478. The van der Waals surface area contributed by atoms with E-state index < -0.39 is 11.7 Å². The molecule has 0 bridgehead atoms. The largest absolute Gasteiger partial charge is 0.300 e. The molecule has 2 heterocycles. The van der Waals surface area contributed by atoms with Gasteiger partial charge >= 0.3 is 0 Å². The molecule has 0 radical (unpaired) electrons. The van der Waals surface area contributed by atoms with Gasteiger partial charge in [0, 0.05) is 16.9 Å². The Hall–Kier alpha value is -2.01. The molecular weight excluding hydrogens is 320 g/mol. The van der Waals surface area contributed by atoms with Gasteiger partial charge in [-0.25, -0.2) is 0 Å². The van der Waals surface area contributed by atoms with Crippen LogP contribution in [-0.4, -0.2) is 16.7 Å². The average Bonchev–Trinajstić information content (AvgIpc) is 2.66. The van der Waals surface area contributed by atoms with Crippen LogP contribution in [-0.2, 0) is 11.3 Å². The van der Waals surface area contributed by atoms with Crippen molar-refractivity contribution in [1.29, 1.82) is 0 Å². The molecule has 0 spiro atoms. The van der Waals surface area contributed by atoms with Crippen molar-refractivity contribution in [3.05, 3.63) is 57.8 Å². The zero-order valence-electron chi connectivity index (χ0n) is 10.8. The lowest BCUT2D eigenvalue weighted by Crippen LogP contribution is -2.29. The van der Waals surface area contributed by atoms with Gasteiger partial charge in [-0.15, -0.1) is 0 Å². The van der Waals surface area contributed by atoms with Gasteiger partial charge in [-0.05, 0) is 46.1 Å². The number of ketones is 1. The first-order valence-electron chi connectivity index (χ1n) is 6.13. The Kier molecular flexibility index (Phi) is 3.14. The number of hydrogen-bond acceptors (Lipinski definition) is 3. The van der Waals surface area contributed by atoms with E-state index in [0.29, 0.717) is 17.8 Å². The summed E-state index contributed by atoms with van der Waals surface area (Å²) in [6.45, 7) is 2.24. The summed E-state index contributed by atoms with van der Waals surface area (Å²) in [6.07, 6.45) is 3.37. The Balaban J connectivity index is 2.03. The molecule has 2 aromatic rings. The van der Waals surface area contributed by atoms with Crippen LogP contribution in [0.1, 0.15) is 21.5 Å². The summed E-state index contributed by atoms with van der Waals surface area (Å²) in [5.74, 6) is -0.916. The number of halogens is 1. The van der Waals surface area contributed by atoms with Crippen molar-refractivity contribution < 1.29 is 9.59 Å². The maximum Gasteiger partial charge on any atom is 0.299 e. The minimum Gasteiger partial charge on any atom is -0.300 e. The second kappa shape index (κ2) is 4.83. The average molecular weight is 331 g/mol. The quantitative estimate of drug-likeness (QED) is 0.795. The fourth-order valence-electron chi connectivity index (χ4n) is 2.42. The number of anilines is 1. The van der Waals surface area contributed by atoms with E-state index in [2.05, 4.69) is 20.9 Å². The Morgan fingerprint density at radius 3 is 2.80 bits per heavy atom. The molecule has 0 fully saturated rings. The smallest absolute Gasteiger partial charge is 0.299 e. The number of aromatic nitrogens is 1. The summed E-state index contributed by atoms with van der Waals surface area (Å²) < 4.78 is 0.845. The van der Waals surface area contributed by atoms with Crippen LogP contribution < -0.4 is 4.90 Å². The lowest BCUT2D eigenvalue weighted by atomic mass is 10.1. The number of para-hydroxylation sites is 1. The highest BCUT2D eigenvalue weighted by Gasteiger charge is 2.36. The molecule has 0 unspecified atom stereocenters. The molecule has 0 aliphatic carbocycles. The second-order valence-corrected chi connectivity index (χ2v) is 5.62. The first kappa shape index (κ1) is 13.0. The van der Waals surface area contributed by atoms with E-state index in [9.17, 15) is 9.59 Å². The van der Waals surface area contributed by atoms with Crippen molar-refractivity contribution in [2.75, 3.05) is 4.90 Å². The Morgan fingerprint density at radius 1 is 1.25 bits per heavy atom. The summed E-state index contributed by atoms with van der Waals surface area (Å²) in [4.78, 5) is 29.8. The van der Waals surface area contributed by atoms with Crippen LogP contribution in [0.3, 0.4) is 0 Å². The van der Waals surface area contributed by atoms with Gasteiger partial charge in [-0.2, -0.15) is 0 Å². The molecule has 0 saturated heterocycles. The van der Waals surface area contributed by atoms with Gasteiger partial charge < -0.3 is 4.90 Å². The molecule has 0 saturated carbocycles. The third kappa shape index (κ3) is 2.04. The predicted octanol–water partition coefficient (Wildman–Crippen LogP) is 2.88. The third-order valence-electron chi connectivity index (χ3n) is 3.29. The van der Waals surface area contributed by atoms with Gasteiger partial charge in [-0.3, -0.25) is 14.6 Å². The summed E-state index contributed by atoms with van der Waals surface area (Å²) in [5, 5.41) is 0. The van der Waals surface area contributed by atoms with E-state index in [1.807, 2.05) is 19.1 Å². The van der Waals surface area contributed by atoms with Crippen LogP contribution in [0.2, 0.25) is 0 Å². The fourth-order valence-corrected chi connectivity index (χ4v) is 2.83. The van der Waals surface area contributed by atoms with Crippen molar-refractivity contribution in [3.8, 4) is 0 Å². The van der Waals surface area contributed by atoms with Gasteiger partial charge in [0.05, 0.1) is 17.8 Å². The first-order chi connectivity index (χ1) is 9.58. The van der Waals surface area contributed by atoms with Crippen molar-refractivity contribution in [3.63, 3.8) is 0 Å². The number of carbonyl (C=O) groups is 2. The Labute approximate surface area is 124 Å². The van der Waals surface area contributed by atoms with Crippen LogP contribution in [0.4, 0.5) is 5.69 Å². The molecule has 0 N–H and O–H groups in total. The Bertz CT molecular complexity index is 728. The Morgan fingerprint density at radius 2 is 2.05 bits per heavy atom. The first-order valence-corrected chi connectivity index (χ1v) is 6.92. The number of benzene rings is 1. The molecule has 5 heteroatoms. The highest BCUT2D eigenvalue weighted by Crippen LogP contribution is 2.33. The fraction of sp³-hybridized carbons (Fsp3) is 0.133. The molecular formula is C15H11BrN2O2. The number of fused-ring (bicyclic) bond motifs is 1. The van der Waals surface area contributed by atoms with Gasteiger partial charge in [0.1, 0.15) is 0 Å². The standard InChI is InChI=1S/C15H11BrN2O2/c1-9-3-2-4-12-13(9)18(15(20)14(12)19)8-10-5-11(16)7-17-6-10/h2-7H,8H2,1H3. The summed E-state index contributed by atoms with van der Waals surface area (Å²) >= 11 is 3.35. The lowest BCUT2D eigenvalue weighted by molar-refractivity contribution is -0.114. The second-order valence-electron chi connectivity index (χ2n) is 4.70. The van der Waals surface area contributed by atoms with Crippen molar-refractivity contribution >= 4 is 33.3 Å². The van der Waals surface area contributed by atoms with Crippen LogP contribution >= 0.6 is 15.9 Å². The zero-order chi connectivity index (χ0) is 14.3. The number of carbonyl (C=O) groups excluding carboxylic acids is 2. The molecule has 1 aliphatic heterocycles. The predicted molar refractivity (Wildman–Crippen MR) is 78.6 cm³/mol. The number of pyridine rings is 1. The maximum atomic E-state index is 12.1. The number of rotatable bonds is 2. The number of nitrogens with zero attached hydrogens (tertiary/aromatic N) is 2. The van der Waals surface area contributed by atoms with Gasteiger partial charge in [0.2, 0.25) is 0 Å². The molecule has 1 aromatic carbocycles. The van der Waals surface area contributed by atoms with Crippen molar-refractivity contribution in [2.45, 2.75) is 13.5 Å². The number of aryl methyl sites for hydroxylation is 1. The van der Waals surface area contributed by atoms with E-state index in [-0.39, 0.29) is 0 Å². The van der Waals surface area contributed by atoms with Gasteiger partial charge in [0.15, 0.2) is 0 Å². The number of hydrogen-bond donors (Lipinski definition) is 0. The normalized spacial score (nSPS) is 13.8. The number of amides is 1. The van der Waals surface area contributed by atoms with Crippen LogP contribution in [0.5, 0.6) is 0 Å². The summed E-state index contributed by atoms with van der Waals surface area (Å²) in [6, 6.07) is 7.28. The molecule has 20 heavy (non-hydrogen) atoms. The van der Waals surface area contributed by atoms with Crippen LogP contribution in [0.25, 0.3) is 0 Å². The third-order valence-corrected chi connectivity index (χ3v) is 3.73.